The van der Waals surface area contributed by atoms with E-state index < -0.39 is 5.96 Å². The van der Waals surface area contributed by atoms with Gasteiger partial charge in [0.15, 0.2) is 5.78 Å². The van der Waals surface area contributed by atoms with E-state index in [1.807, 2.05) is 0 Å². The van der Waals surface area contributed by atoms with Gasteiger partial charge in [0, 0.05) is 11.1 Å². The number of halogens is 1. The number of unbranched alkanes of at least 4 members (excludes halogenated alkanes) is 7. The summed E-state index contributed by atoms with van der Waals surface area (Å²) in [6.07, 6.45) is 10.7. The quantitative estimate of drug-likeness (QED) is 0.107. The number of carbonyl (C=O) groups excluding carboxylic acids is 2. The van der Waals surface area contributed by atoms with Crippen molar-refractivity contribution in [2.75, 3.05) is 6.16 Å². The molecule has 0 radical (unpaired) electrons. The van der Waals surface area contributed by atoms with Crippen LogP contribution < -0.4 is 15.9 Å². The maximum atomic E-state index is 12.6. The molecule has 0 amide bonds. The number of Topliss-reactive ketones (excluding diaryl/α,β-unsaturated/α-hetero) is 2. The van der Waals surface area contributed by atoms with Gasteiger partial charge >= 0.3 is 205 Å². The fourth-order valence-electron chi connectivity index (χ4n) is 6.28. The summed E-state index contributed by atoms with van der Waals surface area (Å²) < 4.78 is 0. The van der Waals surface area contributed by atoms with E-state index in [0.29, 0.717) is 23.1 Å². The van der Waals surface area contributed by atoms with Crippen LogP contribution in [0, 0.1) is 0 Å². The predicted molar refractivity (Wildman–Crippen MR) is 179 cm³/mol. The van der Waals surface area contributed by atoms with Crippen molar-refractivity contribution in [2.24, 2.45) is 0 Å². The molecule has 3 aromatic carbocycles. The molecule has 0 aliphatic heterocycles. The molecule has 0 fully saturated rings. The Morgan fingerprint density at radius 3 is 1.29 bits per heavy atom. The molecule has 2 nitrogen and oxygen atoms in total. The van der Waals surface area contributed by atoms with Gasteiger partial charge in [-0.3, -0.25) is 9.59 Å². The summed E-state index contributed by atoms with van der Waals surface area (Å²) in [6, 6.07) is 32.2. The van der Waals surface area contributed by atoms with Crippen LogP contribution in [0.1, 0.15) is 78.6 Å². The van der Waals surface area contributed by atoms with E-state index in [9.17, 15) is 9.59 Å². The molecule has 0 spiro atoms. The SMILES string of the molecule is CC1=C(C)C(=O)C(CCCCCCCCCCP(Cl)(c2ccccc2)(c2ccccc2)c2ccccc2)=C(C)C1=O. The van der Waals surface area contributed by atoms with Gasteiger partial charge in [-0.2, -0.15) is 0 Å². The standard InChI is InChI=1S/C37H44ClO2P/c1-29-30(2)37(40)35(31(3)36(29)39)27-19-8-6-4-5-7-9-20-28-41(38,32-21-13-10-14-22-32,33-23-15-11-16-24-33)34-25-17-12-18-26-34/h10-18,21-26H,4-9,19-20,27-28H2,1-3H3. The topological polar surface area (TPSA) is 34.1 Å². The predicted octanol–water partition coefficient (Wildman–Crippen LogP) is 8.99. The van der Waals surface area contributed by atoms with E-state index in [2.05, 4.69) is 91.0 Å². The number of hydrogen-bond acceptors (Lipinski definition) is 2. The summed E-state index contributed by atoms with van der Waals surface area (Å²) in [6.45, 7) is 5.34. The number of rotatable bonds is 14. The molecule has 0 N–H and O–H groups in total. The second kappa shape index (κ2) is 13.9. The van der Waals surface area contributed by atoms with Gasteiger partial charge in [-0.1, -0.05) is 0 Å². The molecule has 4 heteroatoms. The van der Waals surface area contributed by atoms with E-state index in [0.717, 1.165) is 43.8 Å². The van der Waals surface area contributed by atoms with Crippen LogP contribution in [0.25, 0.3) is 0 Å². The van der Waals surface area contributed by atoms with E-state index in [4.69, 9.17) is 11.2 Å². The minimum Gasteiger partial charge on any atom is -0.289 e. The average Bonchev–Trinajstić information content (AvgIpc) is 3.02. The molecule has 3 aromatic rings. The summed E-state index contributed by atoms with van der Waals surface area (Å²) in [5.41, 5.74) is 2.60. The fraction of sp³-hybridized carbons (Fsp3) is 0.351. The van der Waals surface area contributed by atoms with Crippen LogP contribution >= 0.6 is 17.2 Å². The third-order valence-corrected chi connectivity index (χ3v) is 16.5. The first-order valence-electron chi connectivity index (χ1n) is 15.1. The zero-order valence-electron chi connectivity index (χ0n) is 24.9. The van der Waals surface area contributed by atoms with Crippen molar-refractivity contribution in [3.8, 4) is 0 Å². The monoisotopic (exact) mass is 586 g/mol. The molecule has 1 aliphatic rings. The third-order valence-electron chi connectivity index (χ3n) is 8.95. The van der Waals surface area contributed by atoms with Gasteiger partial charge in [0.2, 0.25) is 0 Å². The van der Waals surface area contributed by atoms with Crippen LogP contribution in [-0.4, -0.2) is 17.7 Å². The second-order valence-corrected chi connectivity index (χ2v) is 18.1. The van der Waals surface area contributed by atoms with E-state index in [1.54, 1.807) is 20.8 Å². The van der Waals surface area contributed by atoms with Crippen LogP contribution in [0.3, 0.4) is 0 Å². The van der Waals surface area contributed by atoms with Gasteiger partial charge in [-0.25, -0.2) is 0 Å². The molecule has 41 heavy (non-hydrogen) atoms. The molecule has 0 saturated carbocycles. The Morgan fingerprint density at radius 2 is 0.854 bits per heavy atom. The van der Waals surface area contributed by atoms with Crippen molar-refractivity contribution in [3.63, 3.8) is 0 Å². The van der Waals surface area contributed by atoms with Crippen LogP contribution in [0.15, 0.2) is 113 Å². The van der Waals surface area contributed by atoms with Gasteiger partial charge in [0.05, 0.1) is 0 Å². The van der Waals surface area contributed by atoms with Crippen LogP contribution in [0.5, 0.6) is 0 Å². The van der Waals surface area contributed by atoms with Crippen molar-refractivity contribution in [1.29, 1.82) is 0 Å². The summed E-state index contributed by atoms with van der Waals surface area (Å²) in [4.78, 5) is 25.1. The third kappa shape index (κ3) is 6.50. The van der Waals surface area contributed by atoms with Crippen LogP contribution in [-0.2, 0) is 9.59 Å². The minimum absolute atomic E-state index is 0.0366. The number of ketones is 2. The molecule has 0 bridgehead atoms. The zero-order valence-corrected chi connectivity index (χ0v) is 26.5. The molecule has 0 saturated heterocycles. The first-order valence-corrected chi connectivity index (χ1v) is 18.5. The Balaban J connectivity index is 1.31. The van der Waals surface area contributed by atoms with Crippen molar-refractivity contribution in [3.05, 3.63) is 113 Å². The normalized spacial score (nSPS) is 15.3. The Kier molecular flexibility index (Phi) is 10.6. The smallest absolute Gasteiger partial charge is 0.289 e. The first kappa shape index (κ1) is 31.1. The Morgan fingerprint density at radius 1 is 0.488 bits per heavy atom. The molecule has 4 rings (SSSR count). The molecule has 0 atom stereocenters. The van der Waals surface area contributed by atoms with Gasteiger partial charge in [-0.15, -0.1) is 0 Å². The molecule has 216 valence electrons. The van der Waals surface area contributed by atoms with Crippen LogP contribution in [0.2, 0.25) is 0 Å². The molecule has 0 unspecified atom stereocenters. The van der Waals surface area contributed by atoms with Gasteiger partial charge in [0.25, 0.3) is 0 Å². The van der Waals surface area contributed by atoms with Crippen molar-refractivity contribution < 1.29 is 9.59 Å². The van der Waals surface area contributed by atoms with E-state index >= 15 is 0 Å². The van der Waals surface area contributed by atoms with Gasteiger partial charge in [-0.05, 0) is 20.8 Å². The summed E-state index contributed by atoms with van der Waals surface area (Å²) in [5, 5.41) is 3.71. The van der Waals surface area contributed by atoms with E-state index in [-0.39, 0.29) is 11.6 Å². The van der Waals surface area contributed by atoms with Crippen molar-refractivity contribution in [2.45, 2.75) is 78.6 Å². The zero-order chi connectivity index (χ0) is 29.3. The first-order chi connectivity index (χ1) is 19.8. The molecule has 1 aliphatic carbocycles. The number of carbonyl (C=O) groups is 2. The van der Waals surface area contributed by atoms with Crippen molar-refractivity contribution >= 4 is 44.7 Å². The number of allylic oxidation sites excluding steroid dienone is 4. The molecular weight excluding hydrogens is 543 g/mol. The Hall–Kier alpha value is -2.80. The maximum absolute atomic E-state index is 12.6. The average molecular weight is 587 g/mol. The minimum atomic E-state index is -3.15. The number of benzene rings is 3. The molecule has 0 aromatic heterocycles. The number of hydrogen-bond donors (Lipinski definition) is 0. The van der Waals surface area contributed by atoms with E-state index in [1.165, 1.54) is 35.2 Å². The van der Waals surface area contributed by atoms with Gasteiger partial charge in [0.1, 0.15) is 0 Å². The summed E-state index contributed by atoms with van der Waals surface area (Å²) in [5.74, 6) is -3.05. The van der Waals surface area contributed by atoms with Crippen LogP contribution in [0.4, 0.5) is 0 Å². The summed E-state index contributed by atoms with van der Waals surface area (Å²) >= 11 is 8.16. The molecular formula is C37H44ClO2P. The van der Waals surface area contributed by atoms with Gasteiger partial charge < -0.3 is 0 Å². The fourth-order valence-corrected chi connectivity index (χ4v) is 12.5. The Labute approximate surface area is 251 Å². The van der Waals surface area contributed by atoms with Crippen molar-refractivity contribution in [1.82, 2.24) is 0 Å². The summed E-state index contributed by atoms with van der Waals surface area (Å²) in [7, 11) is 0. The molecule has 0 heterocycles. The Bertz CT molecular complexity index is 1310. The second-order valence-electron chi connectivity index (χ2n) is 11.5.